The summed E-state index contributed by atoms with van der Waals surface area (Å²) in [6, 6.07) is 7.11. The van der Waals surface area contributed by atoms with Crippen LogP contribution in [-0.4, -0.2) is 45.7 Å². The lowest BCUT2D eigenvalue weighted by Crippen LogP contribution is -2.42. The Labute approximate surface area is 176 Å². The summed E-state index contributed by atoms with van der Waals surface area (Å²) in [5.74, 6) is -1.55. The van der Waals surface area contributed by atoms with Crippen LogP contribution in [0, 0.1) is 6.92 Å². The molecule has 30 heavy (non-hydrogen) atoms. The number of thioether (sulfide) groups is 1. The predicted molar refractivity (Wildman–Crippen MR) is 110 cm³/mol. The zero-order chi connectivity index (χ0) is 22.0. The quantitative estimate of drug-likeness (QED) is 0.542. The molecular formula is C21H19NO7S. The minimum Gasteiger partial charge on any atom is -0.478 e. The fraction of sp³-hybridized carbons (Fsp3) is 0.238. The number of aromatic carboxylic acids is 1. The Bertz CT molecular complexity index is 1070. The van der Waals surface area contributed by atoms with E-state index in [0.29, 0.717) is 34.4 Å². The fourth-order valence-electron chi connectivity index (χ4n) is 3.02. The molecule has 2 aromatic rings. The molecule has 1 aliphatic rings. The first-order valence-corrected chi connectivity index (χ1v) is 9.93. The van der Waals surface area contributed by atoms with Crippen LogP contribution in [0.15, 0.2) is 39.7 Å². The molecule has 0 unspecified atom stereocenters. The second kappa shape index (κ2) is 8.58. The lowest BCUT2D eigenvalue weighted by Gasteiger charge is -2.19. The first-order chi connectivity index (χ1) is 14.2. The van der Waals surface area contributed by atoms with Crippen LogP contribution in [0.25, 0.3) is 17.4 Å². The summed E-state index contributed by atoms with van der Waals surface area (Å²) < 4.78 is 10.6. The molecule has 0 aliphatic carbocycles. The smallest absolute Gasteiger partial charge is 0.335 e. The number of nitrogens with zero attached hydrogens (tertiary/aromatic N) is 1. The fourth-order valence-corrected chi connectivity index (χ4v) is 3.91. The summed E-state index contributed by atoms with van der Waals surface area (Å²) in [7, 11) is 0. The van der Waals surface area contributed by atoms with E-state index in [0.717, 1.165) is 4.90 Å². The van der Waals surface area contributed by atoms with Gasteiger partial charge in [-0.25, -0.2) is 9.59 Å². The lowest BCUT2D eigenvalue weighted by molar-refractivity contribution is -0.150. The predicted octanol–water partition coefficient (Wildman–Crippen LogP) is 3.94. The normalized spacial score (nSPS) is 16.2. The summed E-state index contributed by atoms with van der Waals surface area (Å²) in [6.07, 6.45) is 1.42. The number of carbonyl (C=O) groups is 4. The summed E-state index contributed by atoms with van der Waals surface area (Å²) in [4.78, 5) is 49.1. The maximum absolute atomic E-state index is 12.6. The molecule has 1 aromatic heterocycles. The van der Waals surface area contributed by atoms with Crippen LogP contribution in [0.5, 0.6) is 0 Å². The summed E-state index contributed by atoms with van der Waals surface area (Å²) in [6.45, 7) is 4.90. The topological polar surface area (TPSA) is 114 Å². The number of benzene rings is 1. The number of furan rings is 1. The van der Waals surface area contributed by atoms with Gasteiger partial charge in [0, 0.05) is 11.6 Å². The summed E-state index contributed by atoms with van der Waals surface area (Å²) in [5.41, 5.74) is 1.33. The average molecular weight is 429 g/mol. The van der Waals surface area contributed by atoms with Crippen LogP contribution >= 0.6 is 11.8 Å². The van der Waals surface area contributed by atoms with Gasteiger partial charge in [0.15, 0.2) is 0 Å². The van der Waals surface area contributed by atoms with Crippen molar-refractivity contribution in [3.63, 3.8) is 0 Å². The van der Waals surface area contributed by atoms with Gasteiger partial charge in [-0.2, -0.15) is 0 Å². The van der Waals surface area contributed by atoms with Crippen molar-refractivity contribution in [3.8, 4) is 11.3 Å². The van der Waals surface area contributed by atoms with Crippen LogP contribution in [0.1, 0.15) is 35.5 Å². The Morgan fingerprint density at radius 2 is 2.00 bits per heavy atom. The molecule has 1 atom stereocenters. The first kappa shape index (κ1) is 21.4. The molecule has 0 radical (unpaired) electrons. The molecule has 0 saturated carbocycles. The summed E-state index contributed by atoms with van der Waals surface area (Å²) >= 11 is 0.708. The second-order valence-corrected chi connectivity index (χ2v) is 7.46. The van der Waals surface area contributed by atoms with Gasteiger partial charge < -0.3 is 14.3 Å². The number of carboxylic acid groups (broad SMARTS) is 1. The van der Waals surface area contributed by atoms with Crippen molar-refractivity contribution >= 4 is 40.9 Å². The van der Waals surface area contributed by atoms with E-state index in [9.17, 15) is 24.3 Å². The highest BCUT2D eigenvalue weighted by atomic mass is 32.2. The van der Waals surface area contributed by atoms with Gasteiger partial charge in [-0.3, -0.25) is 14.5 Å². The highest BCUT2D eigenvalue weighted by Crippen LogP contribution is 2.35. The molecule has 1 saturated heterocycles. The Balaban J connectivity index is 1.86. The maximum atomic E-state index is 12.6. The van der Waals surface area contributed by atoms with E-state index in [-0.39, 0.29) is 17.1 Å². The maximum Gasteiger partial charge on any atom is 0.335 e. The van der Waals surface area contributed by atoms with Gasteiger partial charge in [0.05, 0.1) is 17.1 Å². The van der Waals surface area contributed by atoms with Gasteiger partial charge in [-0.05, 0) is 56.3 Å². The van der Waals surface area contributed by atoms with Crippen molar-refractivity contribution in [2.45, 2.75) is 26.8 Å². The molecule has 2 heterocycles. The molecule has 0 spiro atoms. The van der Waals surface area contributed by atoms with Crippen molar-refractivity contribution in [2.75, 3.05) is 6.61 Å². The largest absolute Gasteiger partial charge is 0.478 e. The van der Waals surface area contributed by atoms with E-state index < -0.39 is 29.1 Å². The number of imide groups is 1. The van der Waals surface area contributed by atoms with Crippen molar-refractivity contribution in [3.05, 3.63) is 52.1 Å². The molecule has 1 aromatic carbocycles. The third-order valence-electron chi connectivity index (χ3n) is 4.57. The Morgan fingerprint density at radius 3 is 2.67 bits per heavy atom. The Kier molecular flexibility index (Phi) is 6.12. The van der Waals surface area contributed by atoms with Crippen molar-refractivity contribution in [1.82, 2.24) is 4.90 Å². The molecule has 2 amide bonds. The van der Waals surface area contributed by atoms with Crippen LogP contribution in [0.2, 0.25) is 0 Å². The number of esters is 1. The molecule has 156 valence electrons. The van der Waals surface area contributed by atoms with Crippen LogP contribution in [0.3, 0.4) is 0 Å². The highest BCUT2D eigenvalue weighted by Gasteiger charge is 2.41. The van der Waals surface area contributed by atoms with E-state index in [1.165, 1.54) is 19.1 Å². The first-order valence-electron chi connectivity index (χ1n) is 9.11. The highest BCUT2D eigenvalue weighted by molar-refractivity contribution is 8.18. The molecule has 1 N–H and O–H groups in total. The van der Waals surface area contributed by atoms with Gasteiger partial charge in [-0.1, -0.05) is 12.1 Å². The minimum atomic E-state index is -1.04. The van der Waals surface area contributed by atoms with Gasteiger partial charge in [0.25, 0.3) is 11.1 Å². The number of amides is 2. The molecule has 3 rings (SSSR count). The van der Waals surface area contributed by atoms with Crippen LogP contribution in [0.4, 0.5) is 4.79 Å². The van der Waals surface area contributed by atoms with Crippen molar-refractivity contribution in [2.24, 2.45) is 0 Å². The van der Waals surface area contributed by atoms with Gasteiger partial charge in [0.1, 0.15) is 17.6 Å². The van der Waals surface area contributed by atoms with E-state index in [1.54, 1.807) is 38.1 Å². The van der Waals surface area contributed by atoms with E-state index in [4.69, 9.17) is 9.15 Å². The number of hydrogen-bond acceptors (Lipinski definition) is 7. The van der Waals surface area contributed by atoms with Gasteiger partial charge >= 0.3 is 11.9 Å². The molecular weight excluding hydrogens is 410 g/mol. The standard InChI is InChI=1S/C21H19NO7S/c1-4-28-20(26)12(3)22-18(23)17(30-21(22)27)10-13-8-9-16(29-13)14-6-5-7-15(11(14)2)19(24)25/h5-10,12H,4H2,1-3H3,(H,24,25)/b17-10+/t12-/m0/s1. The minimum absolute atomic E-state index is 0.119. The third kappa shape index (κ3) is 4.02. The number of hydrogen-bond donors (Lipinski definition) is 1. The molecule has 8 nitrogen and oxygen atoms in total. The molecule has 1 aliphatic heterocycles. The monoisotopic (exact) mass is 429 g/mol. The zero-order valence-electron chi connectivity index (χ0n) is 16.5. The average Bonchev–Trinajstić information content (AvgIpc) is 3.26. The van der Waals surface area contributed by atoms with Crippen molar-refractivity contribution in [1.29, 1.82) is 0 Å². The van der Waals surface area contributed by atoms with Gasteiger partial charge in [0.2, 0.25) is 0 Å². The van der Waals surface area contributed by atoms with Crippen LogP contribution < -0.4 is 0 Å². The SMILES string of the molecule is CCOC(=O)[C@H](C)N1C(=O)S/C(=C/c2ccc(-c3cccc(C(=O)O)c3C)o2)C1=O. The number of carboxylic acids is 1. The Morgan fingerprint density at radius 1 is 1.27 bits per heavy atom. The molecule has 9 heteroatoms. The number of rotatable bonds is 6. The summed E-state index contributed by atoms with van der Waals surface area (Å²) in [5, 5.41) is 8.71. The van der Waals surface area contributed by atoms with E-state index >= 15 is 0 Å². The third-order valence-corrected chi connectivity index (χ3v) is 5.45. The lowest BCUT2D eigenvalue weighted by atomic mass is 10.0. The molecule has 1 fully saturated rings. The number of ether oxygens (including phenoxy) is 1. The van der Waals surface area contributed by atoms with Crippen molar-refractivity contribution < 1.29 is 33.4 Å². The zero-order valence-corrected chi connectivity index (χ0v) is 17.3. The number of carbonyl (C=O) groups excluding carboxylic acids is 3. The van der Waals surface area contributed by atoms with Gasteiger partial charge in [-0.15, -0.1) is 0 Å². The van der Waals surface area contributed by atoms with Crippen LogP contribution in [-0.2, 0) is 14.3 Å². The van der Waals surface area contributed by atoms with E-state index in [2.05, 4.69) is 0 Å². The second-order valence-electron chi connectivity index (χ2n) is 6.47. The van der Waals surface area contributed by atoms with E-state index in [1.807, 2.05) is 0 Å². The Hall–Kier alpha value is -3.33. The molecule has 0 bridgehead atoms.